The van der Waals surface area contributed by atoms with Crippen molar-refractivity contribution in [1.29, 1.82) is 0 Å². The van der Waals surface area contributed by atoms with E-state index in [1.54, 1.807) is 31.0 Å². The third-order valence-corrected chi connectivity index (χ3v) is 5.14. The second-order valence-electron chi connectivity index (χ2n) is 4.79. The third-order valence-electron chi connectivity index (χ3n) is 3.32. The van der Waals surface area contributed by atoms with Crippen LogP contribution < -0.4 is 5.32 Å². The van der Waals surface area contributed by atoms with Crippen LogP contribution in [-0.4, -0.2) is 25.3 Å². The van der Waals surface area contributed by atoms with E-state index in [-0.39, 0.29) is 23.9 Å². The molecular weight excluding hydrogens is 321 g/mol. The van der Waals surface area contributed by atoms with Gasteiger partial charge in [0, 0.05) is 12.0 Å². The van der Waals surface area contributed by atoms with Crippen LogP contribution in [0.1, 0.15) is 28.3 Å². The van der Waals surface area contributed by atoms with Crippen molar-refractivity contribution in [3.05, 3.63) is 52.0 Å². The molecule has 0 bridgehead atoms. The first-order valence-corrected chi connectivity index (χ1v) is 8.88. The molecule has 2 rings (SSSR count). The Bertz CT molecular complexity index is 627. The van der Waals surface area contributed by atoms with E-state index in [2.05, 4.69) is 5.32 Å². The maximum Gasteiger partial charge on any atom is 0.262 e. The molecule has 1 aromatic heterocycles. The number of nitrogens with one attached hydrogen (secondary N) is 1. The lowest BCUT2D eigenvalue weighted by molar-refractivity contribution is 0.0645. The molecular formula is C16H18FNO2S2. The van der Waals surface area contributed by atoms with Gasteiger partial charge in [0.05, 0.1) is 6.04 Å². The molecule has 0 saturated carbocycles. The smallest absolute Gasteiger partial charge is 0.262 e. The maximum absolute atomic E-state index is 13.0. The fourth-order valence-corrected chi connectivity index (χ4v) is 3.91. The molecule has 1 heterocycles. The van der Waals surface area contributed by atoms with E-state index in [0.29, 0.717) is 4.88 Å². The summed E-state index contributed by atoms with van der Waals surface area (Å²) in [6.07, 6.45) is 1.61. The number of halogens is 1. The average molecular weight is 339 g/mol. The van der Waals surface area contributed by atoms with E-state index in [9.17, 15) is 9.18 Å². The van der Waals surface area contributed by atoms with Gasteiger partial charge < -0.3 is 10.1 Å². The van der Waals surface area contributed by atoms with Gasteiger partial charge in [0.2, 0.25) is 0 Å². The minimum Gasteiger partial charge on any atom is -0.375 e. The summed E-state index contributed by atoms with van der Waals surface area (Å²) in [5.41, 5.74) is 0.827. The van der Waals surface area contributed by atoms with Crippen LogP contribution in [-0.2, 0) is 4.74 Å². The van der Waals surface area contributed by atoms with Crippen LogP contribution >= 0.6 is 23.1 Å². The molecule has 1 aromatic carbocycles. The van der Waals surface area contributed by atoms with Gasteiger partial charge in [0.25, 0.3) is 5.91 Å². The van der Waals surface area contributed by atoms with Gasteiger partial charge in [0.15, 0.2) is 0 Å². The van der Waals surface area contributed by atoms with Crippen LogP contribution in [0.15, 0.2) is 40.6 Å². The molecule has 1 N–H and O–H groups in total. The molecule has 0 fully saturated rings. The van der Waals surface area contributed by atoms with Crippen LogP contribution in [0.4, 0.5) is 4.39 Å². The van der Waals surface area contributed by atoms with Gasteiger partial charge in [-0.3, -0.25) is 4.79 Å². The summed E-state index contributed by atoms with van der Waals surface area (Å²) in [5, 5.41) is 4.86. The fourth-order valence-electron chi connectivity index (χ4n) is 2.25. The van der Waals surface area contributed by atoms with E-state index >= 15 is 0 Å². The predicted octanol–water partition coefficient (Wildman–Crippen LogP) is 4.12. The Kier molecular flexibility index (Phi) is 5.99. The first-order chi connectivity index (χ1) is 10.6. The molecule has 0 aliphatic carbocycles. The highest BCUT2D eigenvalue weighted by Crippen LogP contribution is 2.26. The Morgan fingerprint density at radius 2 is 2.00 bits per heavy atom. The van der Waals surface area contributed by atoms with Crippen molar-refractivity contribution in [2.75, 3.05) is 13.4 Å². The number of carbonyl (C=O) groups excluding carboxylic acids is 1. The molecule has 2 aromatic rings. The lowest BCUT2D eigenvalue weighted by atomic mass is 10.0. The highest BCUT2D eigenvalue weighted by atomic mass is 32.2. The molecule has 0 aliphatic rings. The second kappa shape index (κ2) is 7.76. The van der Waals surface area contributed by atoms with Gasteiger partial charge in [-0.2, -0.15) is 0 Å². The molecule has 118 valence electrons. The quantitative estimate of drug-likeness (QED) is 0.805. The van der Waals surface area contributed by atoms with Crippen molar-refractivity contribution >= 4 is 29.0 Å². The average Bonchev–Trinajstić information content (AvgIpc) is 2.98. The van der Waals surface area contributed by atoms with Crippen molar-refractivity contribution in [3.8, 4) is 0 Å². The summed E-state index contributed by atoms with van der Waals surface area (Å²) < 4.78 is 18.5. The summed E-state index contributed by atoms with van der Waals surface area (Å²) in [6, 6.07) is 7.82. The van der Waals surface area contributed by atoms with E-state index in [0.717, 1.165) is 10.5 Å². The SMILES string of the molecule is CO[C@@H](c1ccc(F)cc1)[C@H](C)NC(=O)c1sccc1SC. The zero-order valence-corrected chi connectivity index (χ0v) is 14.3. The first-order valence-electron chi connectivity index (χ1n) is 6.77. The largest absolute Gasteiger partial charge is 0.375 e. The van der Waals surface area contributed by atoms with Crippen LogP contribution in [0, 0.1) is 5.82 Å². The molecule has 2 atom stereocenters. The monoisotopic (exact) mass is 339 g/mol. The number of carbonyl (C=O) groups is 1. The molecule has 3 nitrogen and oxygen atoms in total. The number of amides is 1. The first kappa shape index (κ1) is 17.0. The summed E-state index contributed by atoms with van der Waals surface area (Å²) >= 11 is 2.96. The number of hydrogen-bond donors (Lipinski definition) is 1. The van der Waals surface area contributed by atoms with Gasteiger partial charge in [-0.1, -0.05) is 12.1 Å². The number of rotatable bonds is 6. The summed E-state index contributed by atoms with van der Waals surface area (Å²) in [4.78, 5) is 14.0. The van der Waals surface area contributed by atoms with Crippen molar-refractivity contribution < 1.29 is 13.9 Å². The maximum atomic E-state index is 13.0. The van der Waals surface area contributed by atoms with Gasteiger partial charge in [0.1, 0.15) is 16.8 Å². The van der Waals surface area contributed by atoms with Crippen LogP contribution in [0.2, 0.25) is 0 Å². The Balaban J connectivity index is 2.10. The van der Waals surface area contributed by atoms with Crippen LogP contribution in [0.5, 0.6) is 0 Å². The lowest BCUT2D eigenvalue weighted by Gasteiger charge is -2.24. The van der Waals surface area contributed by atoms with Crippen molar-refractivity contribution in [2.45, 2.75) is 24.0 Å². The number of thioether (sulfide) groups is 1. The van der Waals surface area contributed by atoms with Crippen LogP contribution in [0.25, 0.3) is 0 Å². The topological polar surface area (TPSA) is 38.3 Å². The van der Waals surface area contributed by atoms with Gasteiger partial charge in [-0.25, -0.2) is 4.39 Å². The molecule has 1 amide bonds. The minimum absolute atomic E-state index is 0.115. The van der Waals surface area contributed by atoms with Gasteiger partial charge >= 0.3 is 0 Å². The number of thiophene rings is 1. The number of hydrogen-bond acceptors (Lipinski definition) is 4. The molecule has 6 heteroatoms. The number of ether oxygens (including phenoxy) is 1. The molecule has 0 unspecified atom stereocenters. The molecule has 0 radical (unpaired) electrons. The molecule has 22 heavy (non-hydrogen) atoms. The van der Waals surface area contributed by atoms with E-state index in [4.69, 9.17) is 4.74 Å². The molecule has 0 spiro atoms. The predicted molar refractivity (Wildman–Crippen MR) is 89.2 cm³/mol. The second-order valence-corrected chi connectivity index (χ2v) is 6.55. The van der Waals surface area contributed by atoms with Crippen LogP contribution in [0.3, 0.4) is 0 Å². The van der Waals surface area contributed by atoms with Gasteiger partial charge in [-0.15, -0.1) is 23.1 Å². The van der Waals surface area contributed by atoms with Crippen molar-refractivity contribution in [2.24, 2.45) is 0 Å². The normalized spacial score (nSPS) is 13.6. The lowest BCUT2D eigenvalue weighted by Crippen LogP contribution is -2.37. The highest BCUT2D eigenvalue weighted by Gasteiger charge is 2.22. The summed E-state index contributed by atoms with van der Waals surface area (Å²) in [5.74, 6) is -0.408. The Morgan fingerprint density at radius 1 is 1.32 bits per heavy atom. The number of methoxy groups -OCH3 is 1. The fraction of sp³-hybridized carbons (Fsp3) is 0.312. The zero-order valence-electron chi connectivity index (χ0n) is 12.6. The van der Waals surface area contributed by atoms with E-state index in [1.165, 1.54) is 23.5 Å². The standard InChI is InChI=1S/C16H18FNO2S2/c1-10(14(20-2)11-4-6-12(17)7-5-11)18-16(19)15-13(21-3)8-9-22-15/h4-10,14H,1-3H3,(H,18,19)/t10-,14+/m0/s1. The molecule has 0 saturated heterocycles. The minimum atomic E-state index is -0.331. The Labute approximate surface area is 137 Å². The van der Waals surface area contributed by atoms with Gasteiger partial charge in [-0.05, 0) is 42.3 Å². The van der Waals surface area contributed by atoms with Crippen molar-refractivity contribution in [1.82, 2.24) is 5.32 Å². The Morgan fingerprint density at radius 3 is 2.59 bits per heavy atom. The highest BCUT2D eigenvalue weighted by molar-refractivity contribution is 7.98. The van der Waals surface area contributed by atoms with E-state index in [1.807, 2.05) is 24.6 Å². The van der Waals surface area contributed by atoms with E-state index < -0.39 is 0 Å². The summed E-state index contributed by atoms with van der Waals surface area (Å²) in [7, 11) is 1.58. The van der Waals surface area contributed by atoms with Crippen molar-refractivity contribution in [3.63, 3.8) is 0 Å². The summed E-state index contributed by atoms with van der Waals surface area (Å²) in [6.45, 7) is 1.88. The zero-order chi connectivity index (χ0) is 16.1. The Hall–Kier alpha value is -1.37. The third kappa shape index (κ3) is 3.88. The molecule has 0 aliphatic heterocycles. The number of benzene rings is 1.